The fourth-order valence-corrected chi connectivity index (χ4v) is 6.25. The van der Waals surface area contributed by atoms with Crippen molar-refractivity contribution in [2.75, 3.05) is 40.7 Å². The molecule has 2 heterocycles. The van der Waals surface area contributed by atoms with Crippen molar-refractivity contribution in [1.29, 1.82) is 0 Å². The van der Waals surface area contributed by atoms with E-state index >= 15 is 0 Å². The molecule has 0 saturated carbocycles. The Morgan fingerprint density at radius 2 is 1.74 bits per heavy atom. The molecule has 0 spiro atoms. The zero-order valence-electron chi connectivity index (χ0n) is 33.6. The van der Waals surface area contributed by atoms with Crippen LogP contribution < -0.4 is 20.5 Å². The van der Waals surface area contributed by atoms with Gasteiger partial charge in [0.2, 0.25) is 18.1 Å². The number of carbonyl (C=O) groups is 4. The fourth-order valence-electron chi connectivity index (χ4n) is 6.25. The first-order chi connectivity index (χ1) is 25.5. The van der Waals surface area contributed by atoms with Gasteiger partial charge < -0.3 is 44.0 Å². The third-order valence-corrected chi connectivity index (χ3v) is 9.91. The van der Waals surface area contributed by atoms with Crippen LogP contribution in [0, 0.1) is 29.1 Å². The Morgan fingerprint density at radius 3 is 2.33 bits per heavy atom. The summed E-state index contributed by atoms with van der Waals surface area (Å²) in [7, 11) is 4.98. The maximum Gasteiger partial charge on any atom is 0.415 e. The Bertz CT molecular complexity index is 1540. The Kier molecular flexibility index (Phi) is 16.6. The van der Waals surface area contributed by atoms with Crippen molar-refractivity contribution in [3.05, 3.63) is 42.0 Å². The molecule has 0 bridgehead atoms. The minimum absolute atomic E-state index is 0.0614. The number of esters is 1. The van der Waals surface area contributed by atoms with E-state index in [4.69, 9.17) is 34.2 Å². The van der Waals surface area contributed by atoms with Crippen LogP contribution in [0.25, 0.3) is 0 Å². The molecule has 1 aromatic heterocycles. The summed E-state index contributed by atoms with van der Waals surface area (Å²) in [5.41, 5.74) is 5.74. The average molecular weight is 760 g/mol. The Morgan fingerprint density at radius 1 is 1.02 bits per heavy atom. The van der Waals surface area contributed by atoms with Crippen LogP contribution in [-0.2, 0) is 42.0 Å². The zero-order chi connectivity index (χ0) is 40.2. The molecule has 1 unspecified atom stereocenters. The number of imidazole rings is 1. The summed E-state index contributed by atoms with van der Waals surface area (Å²) in [5, 5.41) is 2.91. The molecule has 3 N–H and O–H groups in total. The molecule has 1 aliphatic heterocycles. The van der Waals surface area contributed by atoms with Gasteiger partial charge >= 0.3 is 12.1 Å². The number of nitrogens with two attached hydrogens (primary N) is 1. The molecule has 3 amide bonds. The maximum atomic E-state index is 13.8. The molecule has 1 aliphatic rings. The summed E-state index contributed by atoms with van der Waals surface area (Å²) in [5.74, 6) is -0.525. The van der Waals surface area contributed by atoms with Gasteiger partial charge in [-0.2, -0.15) is 0 Å². The van der Waals surface area contributed by atoms with Crippen LogP contribution in [0.2, 0.25) is 0 Å². The van der Waals surface area contributed by atoms with E-state index in [0.717, 1.165) is 12.0 Å². The number of amides is 3. The quantitative estimate of drug-likeness (QED) is 0.102. The Labute approximate surface area is 319 Å². The van der Waals surface area contributed by atoms with E-state index in [0.29, 0.717) is 44.0 Å². The molecule has 0 radical (unpaired) electrons. The first-order valence-electron chi connectivity index (χ1n) is 18.6. The van der Waals surface area contributed by atoms with Gasteiger partial charge in [-0.15, -0.1) is 0 Å². The lowest BCUT2D eigenvalue weighted by molar-refractivity contribution is -0.130. The van der Waals surface area contributed by atoms with E-state index in [1.54, 1.807) is 39.7 Å². The van der Waals surface area contributed by atoms with E-state index < -0.39 is 47.7 Å². The van der Waals surface area contributed by atoms with Crippen LogP contribution in [0.3, 0.4) is 0 Å². The summed E-state index contributed by atoms with van der Waals surface area (Å²) in [6.07, 6.45) is 2.76. The number of ether oxygens (including phenoxy) is 6. The number of primary amides is 1. The number of methoxy groups -OCH3 is 2. The monoisotopic (exact) mass is 759 g/mol. The van der Waals surface area contributed by atoms with Gasteiger partial charge in [0, 0.05) is 52.8 Å². The highest BCUT2D eigenvalue weighted by Gasteiger charge is 2.43. The predicted molar refractivity (Wildman–Crippen MR) is 200 cm³/mol. The molecule has 2 aromatic rings. The van der Waals surface area contributed by atoms with Crippen LogP contribution in [0.4, 0.5) is 4.79 Å². The first kappa shape index (κ1) is 44.0. The second-order valence-corrected chi connectivity index (χ2v) is 15.3. The molecule has 54 heavy (non-hydrogen) atoms. The second kappa shape index (κ2) is 20.3. The van der Waals surface area contributed by atoms with Crippen LogP contribution in [0.1, 0.15) is 83.8 Å². The lowest BCUT2D eigenvalue weighted by Gasteiger charge is -2.33. The highest BCUT2D eigenvalue weighted by molar-refractivity contribution is 5.87. The molecule has 302 valence electrons. The van der Waals surface area contributed by atoms with Gasteiger partial charge in [-0.25, -0.2) is 14.6 Å². The number of hydrogen-bond acceptors (Lipinski definition) is 11. The largest absolute Gasteiger partial charge is 0.493 e. The number of rotatable bonds is 21. The average Bonchev–Trinajstić information content (AvgIpc) is 3.73. The summed E-state index contributed by atoms with van der Waals surface area (Å²) < 4.78 is 35.7. The smallest absolute Gasteiger partial charge is 0.415 e. The molecule has 1 saturated heterocycles. The van der Waals surface area contributed by atoms with Crippen molar-refractivity contribution in [1.82, 2.24) is 19.8 Å². The number of carbonyl (C=O) groups excluding carboxylic acids is 4. The van der Waals surface area contributed by atoms with Crippen molar-refractivity contribution < 1.29 is 47.6 Å². The predicted octanol–water partition coefficient (Wildman–Crippen LogP) is 4.71. The molecule has 5 atom stereocenters. The van der Waals surface area contributed by atoms with E-state index in [1.165, 1.54) is 24.3 Å². The van der Waals surface area contributed by atoms with Crippen molar-refractivity contribution in [2.45, 2.75) is 92.6 Å². The maximum absolute atomic E-state index is 13.8. The Hall–Kier alpha value is -4.37. The molecular formula is C39H61N5O10. The SMILES string of the molecule is COCCCOc1cc(C[C@@H](C[C@H]2[C@H](C[C@H](C(=O)NCC(C)(C)C(N)=O)C(C)C)OCN2C(=O)OC(C)OC(=O)c2cn(C)cn2)C(C)C)ccc1OC. The summed E-state index contributed by atoms with van der Waals surface area (Å²) in [4.78, 5) is 57.4. The van der Waals surface area contributed by atoms with Gasteiger partial charge in [-0.05, 0) is 68.6 Å². The summed E-state index contributed by atoms with van der Waals surface area (Å²) in [6, 6.07) is 5.40. The van der Waals surface area contributed by atoms with Crippen LogP contribution in [0.5, 0.6) is 11.5 Å². The van der Waals surface area contributed by atoms with E-state index in [-0.39, 0.29) is 42.6 Å². The van der Waals surface area contributed by atoms with Crippen LogP contribution in [-0.4, -0.2) is 97.5 Å². The summed E-state index contributed by atoms with van der Waals surface area (Å²) in [6.45, 7) is 14.0. The van der Waals surface area contributed by atoms with Crippen molar-refractivity contribution in [3.63, 3.8) is 0 Å². The number of aromatic nitrogens is 2. The highest BCUT2D eigenvalue weighted by Crippen LogP contribution is 2.36. The van der Waals surface area contributed by atoms with Crippen LogP contribution in [0.15, 0.2) is 30.7 Å². The number of nitrogens with one attached hydrogen (secondary N) is 1. The topological polar surface area (TPSA) is 183 Å². The van der Waals surface area contributed by atoms with E-state index in [1.807, 2.05) is 32.0 Å². The molecule has 15 nitrogen and oxygen atoms in total. The molecule has 15 heteroatoms. The van der Waals surface area contributed by atoms with E-state index in [2.05, 4.69) is 24.1 Å². The summed E-state index contributed by atoms with van der Waals surface area (Å²) >= 11 is 0. The van der Waals surface area contributed by atoms with Crippen molar-refractivity contribution >= 4 is 23.9 Å². The van der Waals surface area contributed by atoms with Crippen LogP contribution >= 0.6 is 0 Å². The first-order valence-corrected chi connectivity index (χ1v) is 18.6. The molecule has 1 fully saturated rings. The number of hydrogen-bond donors (Lipinski definition) is 2. The Balaban J connectivity index is 1.87. The van der Waals surface area contributed by atoms with Crippen molar-refractivity contribution in [3.8, 4) is 11.5 Å². The number of aryl methyl sites for hydroxylation is 1. The van der Waals surface area contributed by atoms with Gasteiger partial charge in [0.25, 0.3) is 0 Å². The van der Waals surface area contributed by atoms with Gasteiger partial charge in [0.15, 0.2) is 17.2 Å². The third-order valence-electron chi connectivity index (χ3n) is 9.91. The minimum Gasteiger partial charge on any atom is -0.493 e. The lowest BCUT2D eigenvalue weighted by atomic mass is 9.80. The molecule has 0 aliphatic carbocycles. The normalized spacial score (nSPS) is 17.6. The van der Waals surface area contributed by atoms with Crippen molar-refractivity contribution in [2.24, 2.45) is 41.9 Å². The van der Waals surface area contributed by atoms with Gasteiger partial charge in [-0.3, -0.25) is 14.5 Å². The second-order valence-electron chi connectivity index (χ2n) is 15.3. The molecular weight excluding hydrogens is 698 g/mol. The highest BCUT2D eigenvalue weighted by atomic mass is 16.7. The lowest BCUT2D eigenvalue weighted by Crippen LogP contribution is -2.47. The van der Waals surface area contributed by atoms with E-state index in [9.17, 15) is 19.2 Å². The number of nitrogens with zero attached hydrogens (tertiary/aromatic N) is 3. The third kappa shape index (κ3) is 12.6. The van der Waals surface area contributed by atoms with Gasteiger partial charge in [0.05, 0.1) is 37.6 Å². The standard InChI is InChI=1S/C39H61N5O10/c1-24(2)28(16-27-12-13-32(50-10)34(17-27)51-15-11-14-49-9)18-31-33(19-29(25(3)4)35(45)41-21-39(6,7)37(40)47)52-23-44(31)38(48)54-26(5)53-36(46)30-20-43(8)22-42-30/h12-13,17,20,22,24-26,28-29,31,33H,11,14-16,18-19,21,23H2,1-10H3,(H2,40,47)(H,41,45)/t26?,28-,29-,31-,33-/m0/s1. The minimum atomic E-state index is -1.21. The number of benzene rings is 1. The molecule has 3 rings (SSSR count). The van der Waals surface area contributed by atoms with Gasteiger partial charge in [0.1, 0.15) is 6.73 Å². The molecule has 1 aromatic carbocycles. The van der Waals surface area contributed by atoms with Gasteiger partial charge in [-0.1, -0.05) is 33.8 Å². The fraction of sp³-hybridized carbons (Fsp3) is 0.667. The zero-order valence-corrected chi connectivity index (χ0v) is 33.6.